The first-order valence-electron chi connectivity index (χ1n) is 9.38. The fraction of sp³-hybridized carbons (Fsp3) is 0.765. The third-order valence-corrected chi connectivity index (χ3v) is 7.17. The van der Waals surface area contributed by atoms with E-state index in [1.165, 1.54) is 20.9 Å². The standard InChI is InChI=1S/C17H29N2O9P/c1-5-11(20)29(25,26)28-17(3,6-2)7-10-12(21)13(22)14(27-10)9-8-18-16(24)19(4)15(9)23/h8,10-14,20-22H,5-7H2,1-4H3,(H,18,24)(H,25,26)/t10-,11?,12-,13-,14+,17?/m1/s1. The highest BCUT2D eigenvalue weighted by atomic mass is 31.2. The Balaban J connectivity index is 2.25. The lowest BCUT2D eigenvalue weighted by Gasteiger charge is -2.34. The summed E-state index contributed by atoms with van der Waals surface area (Å²) >= 11 is 0. The smallest absolute Gasteiger partial charge is 0.356 e. The molecule has 0 aliphatic carbocycles. The number of aliphatic hydroxyl groups excluding tert-OH is 3. The Morgan fingerprint density at radius 1 is 1.34 bits per heavy atom. The minimum atomic E-state index is -4.34. The first kappa shape index (κ1) is 23.9. The van der Waals surface area contributed by atoms with Gasteiger partial charge in [0, 0.05) is 19.7 Å². The molecule has 11 nitrogen and oxygen atoms in total. The number of H-pyrrole nitrogens is 1. The van der Waals surface area contributed by atoms with Crippen molar-refractivity contribution in [2.45, 2.75) is 75.9 Å². The van der Waals surface area contributed by atoms with Gasteiger partial charge < -0.3 is 34.5 Å². The van der Waals surface area contributed by atoms with E-state index >= 15 is 0 Å². The lowest BCUT2D eigenvalue weighted by atomic mass is 9.92. The first-order valence-corrected chi connectivity index (χ1v) is 11.0. The third kappa shape index (κ3) is 4.88. The average molecular weight is 436 g/mol. The van der Waals surface area contributed by atoms with E-state index in [-0.39, 0.29) is 24.8 Å². The minimum Gasteiger partial charge on any atom is -0.388 e. The Hall–Kier alpha value is -1.33. The Bertz CT molecular complexity index is 884. The summed E-state index contributed by atoms with van der Waals surface area (Å²) in [6, 6.07) is 0. The molecular weight excluding hydrogens is 407 g/mol. The Morgan fingerprint density at radius 2 is 1.97 bits per heavy atom. The maximum absolute atomic E-state index is 12.3. The maximum atomic E-state index is 12.3. The number of nitrogens with one attached hydrogen (secondary N) is 1. The Morgan fingerprint density at radius 3 is 2.52 bits per heavy atom. The lowest BCUT2D eigenvalue weighted by molar-refractivity contribution is -0.0497. The topological polar surface area (TPSA) is 171 Å². The molecule has 3 unspecified atom stereocenters. The summed E-state index contributed by atoms with van der Waals surface area (Å²) in [5.74, 6) is -1.55. The number of hydrogen-bond donors (Lipinski definition) is 5. The van der Waals surface area contributed by atoms with Crippen LogP contribution in [0.3, 0.4) is 0 Å². The molecule has 1 saturated heterocycles. The molecule has 2 heterocycles. The van der Waals surface area contributed by atoms with Crippen molar-refractivity contribution in [2.75, 3.05) is 0 Å². The number of aromatic nitrogens is 2. The minimum absolute atomic E-state index is 0.0203. The van der Waals surface area contributed by atoms with E-state index in [0.717, 1.165) is 10.8 Å². The fourth-order valence-corrected chi connectivity index (χ4v) is 4.66. The zero-order valence-corrected chi connectivity index (χ0v) is 17.7. The highest BCUT2D eigenvalue weighted by molar-refractivity contribution is 7.53. The maximum Gasteiger partial charge on any atom is 0.356 e. The third-order valence-electron chi connectivity index (χ3n) is 5.35. The van der Waals surface area contributed by atoms with Crippen LogP contribution < -0.4 is 11.2 Å². The van der Waals surface area contributed by atoms with Crippen LogP contribution in [0.1, 0.15) is 51.7 Å². The van der Waals surface area contributed by atoms with Crippen molar-refractivity contribution in [1.82, 2.24) is 9.55 Å². The van der Waals surface area contributed by atoms with Crippen LogP contribution in [0.2, 0.25) is 0 Å². The van der Waals surface area contributed by atoms with E-state index in [4.69, 9.17) is 9.26 Å². The van der Waals surface area contributed by atoms with Gasteiger partial charge in [-0.15, -0.1) is 0 Å². The van der Waals surface area contributed by atoms with Gasteiger partial charge in [-0.25, -0.2) is 4.79 Å². The number of nitrogens with zero attached hydrogens (tertiary/aromatic N) is 1. The summed E-state index contributed by atoms with van der Waals surface area (Å²) in [7, 11) is -3.08. The molecule has 0 aromatic carbocycles. The van der Waals surface area contributed by atoms with Gasteiger partial charge in [0.2, 0.25) is 0 Å². The summed E-state index contributed by atoms with van der Waals surface area (Å²) in [5.41, 5.74) is -2.60. The molecule has 0 amide bonds. The van der Waals surface area contributed by atoms with Gasteiger partial charge in [0.15, 0.2) is 5.85 Å². The van der Waals surface area contributed by atoms with Gasteiger partial charge in [-0.3, -0.25) is 13.9 Å². The highest BCUT2D eigenvalue weighted by Gasteiger charge is 2.48. The number of hydrogen-bond acceptors (Lipinski definition) is 8. The molecule has 1 aromatic heterocycles. The summed E-state index contributed by atoms with van der Waals surface area (Å²) in [6.07, 6.45) is -3.76. The summed E-state index contributed by atoms with van der Waals surface area (Å²) in [5, 5.41) is 30.6. The highest BCUT2D eigenvalue weighted by Crippen LogP contribution is 2.53. The molecule has 1 aliphatic heterocycles. The van der Waals surface area contributed by atoms with E-state index in [1.54, 1.807) is 6.92 Å². The van der Waals surface area contributed by atoms with Crippen molar-refractivity contribution in [1.29, 1.82) is 0 Å². The molecule has 1 aromatic rings. The van der Waals surface area contributed by atoms with Crippen molar-refractivity contribution in [3.05, 3.63) is 32.6 Å². The molecule has 7 atom stereocenters. The summed E-state index contributed by atoms with van der Waals surface area (Å²) in [4.78, 5) is 36.2. The van der Waals surface area contributed by atoms with Gasteiger partial charge in [0.05, 0.1) is 17.3 Å². The predicted octanol–water partition coefficient (Wildman–Crippen LogP) is -0.275. The molecule has 29 heavy (non-hydrogen) atoms. The molecule has 12 heteroatoms. The molecule has 2 rings (SSSR count). The van der Waals surface area contributed by atoms with Crippen LogP contribution in [0.15, 0.2) is 15.8 Å². The summed E-state index contributed by atoms with van der Waals surface area (Å²) in [6.45, 7) is 4.77. The zero-order chi connectivity index (χ0) is 22.1. The molecule has 0 spiro atoms. The number of aromatic amines is 1. The van der Waals surface area contributed by atoms with Crippen LogP contribution in [-0.4, -0.2) is 59.5 Å². The van der Waals surface area contributed by atoms with Gasteiger partial charge in [0.1, 0.15) is 18.3 Å². The van der Waals surface area contributed by atoms with E-state index < -0.39 is 54.7 Å². The van der Waals surface area contributed by atoms with Crippen molar-refractivity contribution < 1.29 is 34.0 Å². The van der Waals surface area contributed by atoms with Crippen LogP contribution in [0.25, 0.3) is 0 Å². The van der Waals surface area contributed by atoms with Gasteiger partial charge in [-0.1, -0.05) is 13.8 Å². The molecule has 0 saturated carbocycles. The fourth-order valence-electron chi connectivity index (χ4n) is 3.24. The van der Waals surface area contributed by atoms with Gasteiger partial charge >= 0.3 is 13.3 Å². The Kier molecular flexibility index (Phi) is 7.27. The van der Waals surface area contributed by atoms with E-state index in [9.17, 15) is 34.4 Å². The van der Waals surface area contributed by atoms with Crippen molar-refractivity contribution >= 4 is 7.60 Å². The monoisotopic (exact) mass is 436 g/mol. The van der Waals surface area contributed by atoms with E-state index in [2.05, 4.69) is 4.98 Å². The average Bonchev–Trinajstić information content (AvgIpc) is 2.93. The molecule has 5 N–H and O–H groups in total. The molecule has 0 radical (unpaired) electrons. The number of ether oxygens (including phenoxy) is 1. The SMILES string of the molecule is CCC(O)P(=O)(O)OC(C)(CC)C[C@H]1O[C@@H](c2c[nH]c(=O)n(C)c2=O)[C@H](O)[C@@H]1O. The van der Waals surface area contributed by atoms with Gasteiger partial charge in [-0.05, 0) is 19.8 Å². The van der Waals surface area contributed by atoms with Crippen molar-refractivity contribution in [3.8, 4) is 0 Å². The Labute approximate surface area is 167 Å². The quantitative estimate of drug-likeness (QED) is 0.344. The van der Waals surface area contributed by atoms with Crippen LogP contribution >= 0.6 is 7.60 Å². The van der Waals surface area contributed by atoms with Crippen molar-refractivity contribution in [2.24, 2.45) is 7.05 Å². The van der Waals surface area contributed by atoms with Crippen LogP contribution in [-0.2, 0) is 20.9 Å². The molecule has 1 fully saturated rings. The normalized spacial score (nSPS) is 29.9. The van der Waals surface area contributed by atoms with E-state index in [1.807, 2.05) is 0 Å². The van der Waals surface area contributed by atoms with Crippen LogP contribution in [0.5, 0.6) is 0 Å². The lowest BCUT2D eigenvalue weighted by Crippen LogP contribution is -2.39. The predicted molar refractivity (Wildman–Crippen MR) is 102 cm³/mol. The molecule has 0 bridgehead atoms. The second-order valence-corrected chi connectivity index (χ2v) is 9.45. The van der Waals surface area contributed by atoms with Crippen LogP contribution in [0, 0.1) is 0 Å². The van der Waals surface area contributed by atoms with Gasteiger partial charge in [0.25, 0.3) is 5.56 Å². The molecule has 166 valence electrons. The largest absolute Gasteiger partial charge is 0.388 e. The number of rotatable bonds is 8. The second-order valence-electron chi connectivity index (χ2n) is 7.54. The second kappa shape index (κ2) is 8.81. The number of aliphatic hydroxyl groups is 3. The van der Waals surface area contributed by atoms with Gasteiger partial charge in [-0.2, -0.15) is 0 Å². The summed E-state index contributed by atoms with van der Waals surface area (Å²) < 4.78 is 24.2. The first-order chi connectivity index (χ1) is 13.4. The van der Waals surface area contributed by atoms with E-state index in [0.29, 0.717) is 0 Å². The zero-order valence-electron chi connectivity index (χ0n) is 16.8. The molecular formula is C17H29N2O9P. The van der Waals surface area contributed by atoms with Crippen molar-refractivity contribution in [3.63, 3.8) is 0 Å². The molecule has 1 aliphatic rings. The van der Waals surface area contributed by atoms with Crippen LogP contribution in [0.4, 0.5) is 0 Å².